The van der Waals surface area contributed by atoms with Crippen molar-refractivity contribution in [2.24, 2.45) is 5.92 Å². The smallest absolute Gasteiger partial charge is 0.349 e. The Morgan fingerprint density at radius 2 is 1.44 bits per heavy atom. The molecule has 32 heavy (non-hydrogen) atoms. The molecule has 0 radical (unpaired) electrons. The van der Waals surface area contributed by atoms with Crippen molar-refractivity contribution < 1.29 is 41.0 Å². The first-order valence-corrected chi connectivity index (χ1v) is 10.4. The van der Waals surface area contributed by atoms with E-state index in [1.54, 1.807) is 0 Å². The molecule has 0 aromatic heterocycles. The molecule has 0 N–H and O–H groups in total. The average molecular weight is 458 g/mol. The van der Waals surface area contributed by atoms with Gasteiger partial charge in [-0.15, -0.1) is 0 Å². The van der Waals surface area contributed by atoms with E-state index in [0.29, 0.717) is 12.1 Å². The van der Waals surface area contributed by atoms with Crippen molar-refractivity contribution in [2.75, 3.05) is 13.2 Å². The molecule has 0 saturated heterocycles. The molecule has 2 aromatic carbocycles. The Hall–Kier alpha value is -2.68. The van der Waals surface area contributed by atoms with E-state index in [-0.39, 0.29) is 24.4 Å². The third-order valence-electron chi connectivity index (χ3n) is 5.22. The van der Waals surface area contributed by atoms with Crippen LogP contribution in [-0.4, -0.2) is 25.3 Å². The van der Waals surface area contributed by atoms with Gasteiger partial charge in [0.15, 0.2) is 17.5 Å². The molecule has 1 fully saturated rings. The maximum absolute atomic E-state index is 14.4. The zero-order valence-electron chi connectivity index (χ0n) is 17.4. The van der Waals surface area contributed by atoms with E-state index in [4.69, 9.17) is 9.47 Å². The highest BCUT2D eigenvalue weighted by atomic mass is 19.2. The Balaban J connectivity index is 1.60. The van der Waals surface area contributed by atoms with E-state index >= 15 is 0 Å². The van der Waals surface area contributed by atoms with Gasteiger partial charge in [0.2, 0.25) is 0 Å². The molecule has 9 heteroatoms. The predicted octanol–water partition coefficient (Wildman–Crippen LogP) is 5.97. The quantitative estimate of drug-likeness (QED) is 0.212. The third-order valence-corrected chi connectivity index (χ3v) is 5.22. The fraction of sp³-hybridized carbons (Fsp3) is 0.435. The van der Waals surface area contributed by atoms with Gasteiger partial charge < -0.3 is 14.2 Å². The van der Waals surface area contributed by atoms with E-state index in [0.717, 1.165) is 50.8 Å². The van der Waals surface area contributed by atoms with Crippen molar-refractivity contribution in [3.8, 4) is 11.5 Å². The standard InChI is InChI=1S/C23H23F5O4/c1-2-7-30-14-5-3-13(4-6-14)12-31-15-8-17(24)21(18(25)9-15)23(29)32-16-10-19(26)22(28)20(27)11-16/h8-11,13-14H,2-7,12H2,1H3/t13-,14-. The molecule has 174 valence electrons. The Bertz CT molecular complexity index is 911. The molecular formula is C23H23F5O4. The van der Waals surface area contributed by atoms with E-state index < -0.39 is 46.4 Å². The van der Waals surface area contributed by atoms with Gasteiger partial charge in [0, 0.05) is 30.9 Å². The molecule has 1 aliphatic carbocycles. The van der Waals surface area contributed by atoms with Crippen LogP contribution in [0.5, 0.6) is 11.5 Å². The maximum Gasteiger partial charge on any atom is 0.349 e. The van der Waals surface area contributed by atoms with Gasteiger partial charge in [-0.1, -0.05) is 6.92 Å². The average Bonchev–Trinajstić information content (AvgIpc) is 2.74. The molecule has 0 spiro atoms. The second-order valence-electron chi connectivity index (χ2n) is 7.68. The summed E-state index contributed by atoms with van der Waals surface area (Å²) < 4.78 is 84.1. The number of esters is 1. The van der Waals surface area contributed by atoms with Gasteiger partial charge in [0.05, 0.1) is 12.7 Å². The molecule has 3 rings (SSSR count). The van der Waals surface area contributed by atoms with Crippen LogP contribution in [0.3, 0.4) is 0 Å². The topological polar surface area (TPSA) is 44.8 Å². The van der Waals surface area contributed by atoms with Gasteiger partial charge in [-0.2, -0.15) is 0 Å². The zero-order chi connectivity index (χ0) is 23.3. The molecule has 0 aliphatic heterocycles. The first-order chi connectivity index (χ1) is 15.3. The zero-order valence-corrected chi connectivity index (χ0v) is 17.4. The van der Waals surface area contributed by atoms with Crippen LogP contribution < -0.4 is 9.47 Å². The van der Waals surface area contributed by atoms with Gasteiger partial charge in [0.25, 0.3) is 0 Å². The number of carbonyl (C=O) groups excluding carboxylic acids is 1. The Morgan fingerprint density at radius 3 is 2.00 bits per heavy atom. The summed E-state index contributed by atoms with van der Waals surface area (Å²) in [6.07, 6.45) is 4.72. The first-order valence-electron chi connectivity index (χ1n) is 10.4. The lowest BCUT2D eigenvalue weighted by molar-refractivity contribution is 0.0132. The number of benzene rings is 2. The van der Waals surface area contributed by atoms with Gasteiger partial charge in [0.1, 0.15) is 28.7 Å². The van der Waals surface area contributed by atoms with Gasteiger partial charge in [-0.3, -0.25) is 0 Å². The summed E-state index contributed by atoms with van der Waals surface area (Å²) in [7, 11) is 0. The number of rotatable bonds is 8. The lowest BCUT2D eigenvalue weighted by Crippen LogP contribution is -2.25. The largest absolute Gasteiger partial charge is 0.493 e. The lowest BCUT2D eigenvalue weighted by Gasteiger charge is -2.28. The third kappa shape index (κ3) is 5.97. The van der Waals surface area contributed by atoms with Crippen LogP contribution in [0.1, 0.15) is 49.4 Å². The number of hydrogen-bond donors (Lipinski definition) is 0. The first kappa shape index (κ1) is 24.0. The molecule has 0 heterocycles. The summed E-state index contributed by atoms with van der Waals surface area (Å²) in [5.41, 5.74) is -1.06. The van der Waals surface area contributed by atoms with Crippen molar-refractivity contribution in [1.29, 1.82) is 0 Å². The highest BCUT2D eigenvalue weighted by molar-refractivity contribution is 5.91. The molecule has 4 nitrogen and oxygen atoms in total. The summed E-state index contributed by atoms with van der Waals surface area (Å²) in [6.45, 7) is 3.03. The molecule has 1 saturated carbocycles. The van der Waals surface area contributed by atoms with E-state index in [2.05, 4.69) is 4.74 Å². The van der Waals surface area contributed by atoms with Crippen molar-refractivity contribution >= 4 is 5.97 Å². The lowest BCUT2D eigenvalue weighted by atomic mass is 9.88. The summed E-state index contributed by atoms with van der Waals surface area (Å²) in [5.74, 6) is -9.63. The van der Waals surface area contributed by atoms with Crippen LogP contribution in [0.2, 0.25) is 0 Å². The molecule has 0 atom stereocenters. The normalized spacial score (nSPS) is 18.4. The second kappa shape index (κ2) is 10.8. The maximum atomic E-state index is 14.4. The van der Waals surface area contributed by atoms with Crippen molar-refractivity contribution in [2.45, 2.75) is 45.1 Å². The molecule has 0 unspecified atom stereocenters. The highest BCUT2D eigenvalue weighted by Crippen LogP contribution is 2.29. The minimum Gasteiger partial charge on any atom is -0.493 e. The summed E-state index contributed by atoms with van der Waals surface area (Å²) >= 11 is 0. The van der Waals surface area contributed by atoms with Crippen molar-refractivity contribution in [3.63, 3.8) is 0 Å². The summed E-state index contributed by atoms with van der Waals surface area (Å²) in [5, 5.41) is 0. The fourth-order valence-electron chi connectivity index (χ4n) is 3.54. The van der Waals surface area contributed by atoms with E-state index in [9.17, 15) is 26.7 Å². The molecule has 0 bridgehead atoms. The summed E-state index contributed by atoms with van der Waals surface area (Å²) in [6, 6.07) is 2.46. The van der Waals surface area contributed by atoms with Crippen LogP contribution >= 0.6 is 0 Å². The Morgan fingerprint density at radius 1 is 0.875 bits per heavy atom. The van der Waals surface area contributed by atoms with Crippen LogP contribution in [0.25, 0.3) is 0 Å². The predicted molar refractivity (Wildman–Crippen MR) is 105 cm³/mol. The minimum absolute atomic E-state index is 0.0974. The van der Waals surface area contributed by atoms with Crippen molar-refractivity contribution in [1.82, 2.24) is 0 Å². The van der Waals surface area contributed by atoms with E-state index in [1.807, 2.05) is 6.92 Å². The molecule has 0 amide bonds. The number of carbonyl (C=O) groups is 1. The molecule has 2 aromatic rings. The van der Waals surface area contributed by atoms with Gasteiger partial charge in [-0.05, 0) is 38.0 Å². The van der Waals surface area contributed by atoms with Crippen LogP contribution in [0.4, 0.5) is 22.0 Å². The highest BCUT2D eigenvalue weighted by Gasteiger charge is 2.25. The van der Waals surface area contributed by atoms with E-state index in [1.165, 1.54) is 0 Å². The monoisotopic (exact) mass is 458 g/mol. The number of ether oxygens (including phenoxy) is 3. The van der Waals surface area contributed by atoms with Crippen LogP contribution in [0.15, 0.2) is 24.3 Å². The molecular weight excluding hydrogens is 435 g/mol. The number of hydrogen-bond acceptors (Lipinski definition) is 4. The molecule has 1 aliphatic rings. The van der Waals surface area contributed by atoms with Gasteiger partial charge >= 0.3 is 5.97 Å². The van der Waals surface area contributed by atoms with Crippen LogP contribution in [0, 0.1) is 35.0 Å². The Labute approximate surface area is 182 Å². The van der Waals surface area contributed by atoms with Crippen LogP contribution in [-0.2, 0) is 4.74 Å². The minimum atomic E-state index is -1.76. The number of halogens is 5. The second-order valence-corrected chi connectivity index (χ2v) is 7.68. The SMILES string of the molecule is CCCO[C@H]1CC[C@H](COc2cc(F)c(C(=O)Oc3cc(F)c(F)c(F)c3)c(F)c2)CC1. The van der Waals surface area contributed by atoms with Gasteiger partial charge in [-0.25, -0.2) is 26.7 Å². The van der Waals surface area contributed by atoms with Crippen molar-refractivity contribution in [3.05, 3.63) is 58.9 Å². The summed E-state index contributed by atoms with van der Waals surface area (Å²) in [4.78, 5) is 12.1. The fourth-order valence-corrected chi connectivity index (χ4v) is 3.54. The Kier molecular flexibility index (Phi) is 8.06.